The maximum Gasteiger partial charge on any atom is 0.324 e. The van der Waals surface area contributed by atoms with Crippen molar-refractivity contribution in [1.29, 1.82) is 0 Å². The van der Waals surface area contributed by atoms with E-state index in [0.29, 0.717) is 22.3 Å². The SMILES string of the molecule is Cc1cc(NC(=O)Nc2ccc(Cl)cc2)n(-c2cc(C)c3cccc(C)c3n2)n1. The second kappa shape index (κ2) is 7.56. The van der Waals surface area contributed by atoms with Crippen LogP contribution in [0.1, 0.15) is 16.8 Å². The Bertz CT molecular complexity index is 1210. The lowest BCUT2D eigenvalue weighted by molar-refractivity contribution is 0.262. The quantitative estimate of drug-likeness (QED) is 0.463. The second-order valence-corrected chi connectivity index (χ2v) is 7.37. The molecule has 0 fully saturated rings. The van der Waals surface area contributed by atoms with Crippen molar-refractivity contribution in [3.05, 3.63) is 76.4 Å². The van der Waals surface area contributed by atoms with Crippen LogP contribution in [0.4, 0.5) is 16.3 Å². The fourth-order valence-electron chi connectivity index (χ4n) is 3.23. The van der Waals surface area contributed by atoms with Crippen LogP contribution in [0.3, 0.4) is 0 Å². The highest BCUT2D eigenvalue weighted by Crippen LogP contribution is 2.24. The van der Waals surface area contributed by atoms with Crippen LogP contribution in [-0.4, -0.2) is 20.8 Å². The van der Waals surface area contributed by atoms with Gasteiger partial charge in [-0.1, -0.05) is 29.8 Å². The first kappa shape index (κ1) is 19.0. The first-order valence-electron chi connectivity index (χ1n) is 9.18. The number of amides is 2. The number of urea groups is 1. The minimum absolute atomic E-state index is 0.373. The summed E-state index contributed by atoms with van der Waals surface area (Å²) in [5.74, 6) is 1.19. The number of aryl methyl sites for hydroxylation is 3. The number of carbonyl (C=O) groups excluding carboxylic acids is 1. The summed E-state index contributed by atoms with van der Waals surface area (Å²) >= 11 is 5.89. The number of halogens is 1. The van der Waals surface area contributed by atoms with Crippen LogP contribution in [0.5, 0.6) is 0 Å². The molecule has 29 heavy (non-hydrogen) atoms. The molecule has 4 rings (SSSR count). The van der Waals surface area contributed by atoms with Gasteiger partial charge in [0.15, 0.2) is 5.82 Å². The number of hydrogen-bond donors (Lipinski definition) is 2. The molecular formula is C22H20ClN5O. The summed E-state index contributed by atoms with van der Waals surface area (Å²) in [4.78, 5) is 17.3. The first-order valence-corrected chi connectivity index (χ1v) is 9.56. The standard InChI is InChI=1S/C22H20ClN5O/c1-13-5-4-6-18-14(2)11-19(25-21(13)18)28-20(12-15(3)27-28)26-22(29)24-17-9-7-16(23)8-10-17/h4-12H,1-3H3,(H2,24,26,29). The Labute approximate surface area is 173 Å². The van der Waals surface area contributed by atoms with Crippen LogP contribution < -0.4 is 10.6 Å². The molecule has 0 aliphatic rings. The van der Waals surface area contributed by atoms with Gasteiger partial charge in [0.25, 0.3) is 0 Å². The third-order valence-corrected chi connectivity index (χ3v) is 4.88. The number of nitrogens with zero attached hydrogens (tertiary/aromatic N) is 3. The Morgan fingerprint density at radius 3 is 2.48 bits per heavy atom. The predicted molar refractivity (Wildman–Crippen MR) is 117 cm³/mol. The van der Waals surface area contributed by atoms with Crippen molar-refractivity contribution < 1.29 is 4.79 Å². The Kier molecular flexibility index (Phi) is 4.94. The van der Waals surface area contributed by atoms with Gasteiger partial charge in [-0.3, -0.25) is 5.32 Å². The molecule has 2 N–H and O–H groups in total. The Balaban J connectivity index is 1.66. The highest BCUT2D eigenvalue weighted by molar-refractivity contribution is 6.30. The Hall–Kier alpha value is -3.38. The van der Waals surface area contributed by atoms with Crippen molar-refractivity contribution >= 4 is 40.0 Å². The monoisotopic (exact) mass is 405 g/mol. The molecule has 0 saturated heterocycles. The fraction of sp³-hybridized carbons (Fsp3) is 0.136. The Morgan fingerprint density at radius 1 is 0.966 bits per heavy atom. The molecular weight excluding hydrogens is 386 g/mol. The number of pyridine rings is 1. The molecule has 0 saturated carbocycles. The van der Waals surface area contributed by atoms with Crippen LogP contribution in [-0.2, 0) is 0 Å². The van der Waals surface area contributed by atoms with E-state index in [4.69, 9.17) is 16.6 Å². The Morgan fingerprint density at radius 2 is 1.72 bits per heavy atom. The normalized spacial score (nSPS) is 10.9. The molecule has 2 aromatic heterocycles. The first-order chi connectivity index (χ1) is 13.9. The van der Waals surface area contributed by atoms with E-state index in [0.717, 1.165) is 27.7 Å². The minimum atomic E-state index is -0.373. The lowest BCUT2D eigenvalue weighted by Crippen LogP contribution is -2.21. The zero-order chi connectivity index (χ0) is 20.5. The molecule has 7 heteroatoms. The molecule has 0 spiro atoms. The molecule has 0 unspecified atom stereocenters. The summed E-state index contributed by atoms with van der Waals surface area (Å²) in [6.07, 6.45) is 0. The molecule has 2 heterocycles. The molecule has 146 valence electrons. The summed E-state index contributed by atoms with van der Waals surface area (Å²) in [6, 6.07) is 16.4. The highest BCUT2D eigenvalue weighted by atomic mass is 35.5. The van der Waals surface area contributed by atoms with Gasteiger partial charge < -0.3 is 5.32 Å². The van der Waals surface area contributed by atoms with Gasteiger partial charge in [-0.25, -0.2) is 9.78 Å². The van der Waals surface area contributed by atoms with Gasteiger partial charge in [0.05, 0.1) is 11.2 Å². The molecule has 0 bridgehead atoms. The summed E-state index contributed by atoms with van der Waals surface area (Å²) in [5.41, 5.74) is 4.53. The third kappa shape index (κ3) is 3.93. The van der Waals surface area contributed by atoms with Crippen molar-refractivity contribution in [2.75, 3.05) is 10.6 Å². The van der Waals surface area contributed by atoms with Crippen molar-refractivity contribution in [3.8, 4) is 5.82 Å². The van der Waals surface area contributed by atoms with Gasteiger partial charge in [-0.05, 0) is 62.2 Å². The van der Waals surface area contributed by atoms with Crippen molar-refractivity contribution in [1.82, 2.24) is 14.8 Å². The zero-order valence-electron chi connectivity index (χ0n) is 16.3. The van der Waals surface area contributed by atoms with Crippen LogP contribution in [0.25, 0.3) is 16.7 Å². The largest absolute Gasteiger partial charge is 0.324 e. The van der Waals surface area contributed by atoms with Crippen LogP contribution in [0.2, 0.25) is 5.02 Å². The smallest absolute Gasteiger partial charge is 0.308 e. The number of nitrogens with one attached hydrogen (secondary N) is 2. The van der Waals surface area contributed by atoms with Gasteiger partial charge in [-0.15, -0.1) is 0 Å². The van der Waals surface area contributed by atoms with Gasteiger partial charge >= 0.3 is 6.03 Å². The third-order valence-electron chi connectivity index (χ3n) is 4.63. The number of hydrogen-bond acceptors (Lipinski definition) is 3. The summed E-state index contributed by atoms with van der Waals surface area (Å²) < 4.78 is 1.65. The number of fused-ring (bicyclic) bond motifs is 1. The summed E-state index contributed by atoms with van der Waals surface area (Å²) in [6.45, 7) is 5.95. The van der Waals surface area contributed by atoms with E-state index in [2.05, 4.69) is 21.8 Å². The van der Waals surface area contributed by atoms with E-state index in [1.807, 2.05) is 39.0 Å². The lowest BCUT2D eigenvalue weighted by atomic mass is 10.1. The van der Waals surface area contributed by atoms with Gasteiger partial charge in [0.1, 0.15) is 5.82 Å². The molecule has 2 amide bonds. The molecule has 6 nitrogen and oxygen atoms in total. The number of benzene rings is 2. The van der Waals surface area contributed by atoms with E-state index < -0.39 is 0 Å². The van der Waals surface area contributed by atoms with Crippen LogP contribution >= 0.6 is 11.6 Å². The topological polar surface area (TPSA) is 71.8 Å². The molecule has 2 aromatic carbocycles. The number of para-hydroxylation sites is 1. The molecule has 0 atom stereocenters. The zero-order valence-corrected chi connectivity index (χ0v) is 17.1. The summed E-state index contributed by atoms with van der Waals surface area (Å²) in [5, 5.41) is 11.9. The van der Waals surface area contributed by atoms with Gasteiger partial charge in [-0.2, -0.15) is 9.78 Å². The fourth-order valence-corrected chi connectivity index (χ4v) is 3.35. The maximum atomic E-state index is 12.5. The van der Waals surface area contributed by atoms with E-state index in [1.54, 1.807) is 35.0 Å². The number of rotatable bonds is 3. The van der Waals surface area contributed by atoms with Crippen molar-refractivity contribution in [2.24, 2.45) is 0 Å². The highest BCUT2D eigenvalue weighted by Gasteiger charge is 2.14. The van der Waals surface area contributed by atoms with E-state index in [1.165, 1.54) is 0 Å². The van der Waals surface area contributed by atoms with Gasteiger partial charge in [0, 0.05) is 22.2 Å². The molecule has 0 radical (unpaired) electrons. The van der Waals surface area contributed by atoms with Crippen LogP contribution in [0.15, 0.2) is 54.6 Å². The predicted octanol–water partition coefficient (Wildman–Crippen LogP) is 5.64. The lowest BCUT2D eigenvalue weighted by Gasteiger charge is -2.12. The van der Waals surface area contributed by atoms with Gasteiger partial charge in [0.2, 0.25) is 0 Å². The number of aromatic nitrogens is 3. The van der Waals surface area contributed by atoms with Crippen LogP contribution in [0, 0.1) is 20.8 Å². The number of anilines is 2. The number of carbonyl (C=O) groups is 1. The van der Waals surface area contributed by atoms with Crippen molar-refractivity contribution in [2.45, 2.75) is 20.8 Å². The minimum Gasteiger partial charge on any atom is -0.308 e. The summed E-state index contributed by atoms with van der Waals surface area (Å²) in [7, 11) is 0. The molecule has 4 aromatic rings. The maximum absolute atomic E-state index is 12.5. The average Bonchev–Trinajstić information content (AvgIpc) is 3.04. The van der Waals surface area contributed by atoms with E-state index >= 15 is 0 Å². The van der Waals surface area contributed by atoms with Crippen molar-refractivity contribution in [3.63, 3.8) is 0 Å². The van der Waals surface area contributed by atoms with E-state index in [9.17, 15) is 4.79 Å². The van der Waals surface area contributed by atoms with E-state index in [-0.39, 0.29) is 6.03 Å². The molecule has 0 aliphatic carbocycles. The molecule has 0 aliphatic heterocycles. The second-order valence-electron chi connectivity index (χ2n) is 6.94. The average molecular weight is 406 g/mol.